The zero-order chi connectivity index (χ0) is 21.6. The molecule has 2 aromatic carbocycles. The van der Waals surface area contributed by atoms with Crippen LogP contribution in [0.2, 0.25) is 0 Å². The Kier molecular flexibility index (Phi) is 6.76. The van der Waals surface area contributed by atoms with Gasteiger partial charge in [0.1, 0.15) is 0 Å². The maximum atomic E-state index is 12.1. The number of carbonyl (C=O) groups excluding carboxylic acids is 2. The number of para-hydroxylation sites is 1. The van der Waals surface area contributed by atoms with E-state index in [4.69, 9.17) is 9.88 Å². The van der Waals surface area contributed by atoms with Crippen molar-refractivity contribution in [1.82, 2.24) is 10.3 Å². The molecule has 0 aliphatic heterocycles. The number of ether oxygens (including phenoxy) is 1. The van der Waals surface area contributed by atoms with Gasteiger partial charge < -0.3 is 10.1 Å². The first-order valence-corrected chi connectivity index (χ1v) is 10.7. The maximum Gasteiger partial charge on any atom is 0.310 e. The number of rotatable bonds is 8. The summed E-state index contributed by atoms with van der Waals surface area (Å²) in [5.74, 6) is -0.928. The van der Waals surface area contributed by atoms with Gasteiger partial charge in [-0.2, -0.15) is 0 Å². The number of amides is 1. The average molecular weight is 427 g/mol. The first kappa shape index (κ1) is 21.4. The number of nitrogens with zero attached hydrogens (tertiary/aromatic N) is 1. The van der Waals surface area contributed by atoms with Gasteiger partial charge in [-0.25, -0.2) is 13.6 Å². The summed E-state index contributed by atoms with van der Waals surface area (Å²) in [4.78, 5) is 28.3. The fourth-order valence-corrected chi connectivity index (χ4v) is 3.42. The molecule has 0 bridgehead atoms. The molecule has 0 saturated heterocycles. The van der Waals surface area contributed by atoms with Gasteiger partial charge in [0.15, 0.2) is 6.61 Å². The number of fused-ring (bicyclic) bond motifs is 1. The lowest BCUT2D eigenvalue weighted by atomic mass is 10.1. The maximum absolute atomic E-state index is 12.1. The second-order valence-corrected chi connectivity index (χ2v) is 8.18. The van der Waals surface area contributed by atoms with Gasteiger partial charge in [0.25, 0.3) is 5.91 Å². The number of aromatic nitrogens is 1. The summed E-state index contributed by atoms with van der Waals surface area (Å²) in [5, 5.41) is 8.63. The Balaban J connectivity index is 1.42. The molecule has 8 nitrogen and oxygen atoms in total. The van der Waals surface area contributed by atoms with E-state index in [1.54, 1.807) is 24.4 Å². The zero-order valence-corrected chi connectivity index (χ0v) is 16.9. The van der Waals surface area contributed by atoms with Gasteiger partial charge in [-0.15, -0.1) is 0 Å². The number of pyridine rings is 1. The van der Waals surface area contributed by atoms with Gasteiger partial charge in [-0.05, 0) is 35.7 Å². The topological polar surface area (TPSA) is 128 Å². The number of sulfonamides is 1. The molecule has 9 heteroatoms. The quantitative estimate of drug-likeness (QED) is 0.522. The van der Waals surface area contributed by atoms with E-state index in [0.29, 0.717) is 13.0 Å². The van der Waals surface area contributed by atoms with Crippen LogP contribution in [-0.2, 0) is 37.2 Å². The monoisotopic (exact) mass is 427 g/mol. The Hall–Kier alpha value is -3.30. The van der Waals surface area contributed by atoms with Crippen LogP contribution in [0.5, 0.6) is 0 Å². The standard InChI is InChI=1S/C21H21N3O5S/c22-30(27,28)18-8-6-15(7-9-18)10-12-23-19(25)14-29-20(26)13-17-4-1-3-16-5-2-11-24-21(16)17/h1-9,11H,10,12-14H2,(H,23,25)(H2,22,27,28). The first-order chi connectivity index (χ1) is 14.3. The van der Waals surface area contributed by atoms with Crippen molar-refractivity contribution in [2.75, 3.05) is 13.2 Å². The predicted octanol–water partition coefficient (Wildman–Crippen LogP) is 1.33. The molecule has 0 saturated carbocycles. The molecule has 1 aromatic heterocycles. The van der Waals surface area contributed by atoms with E-state index in [1.165, 1.54) is 12.1 Å². The third kappa shape index (κ3) is 5.85. The lowest BCUT2D eigenvalue weighted by molar-refractivity contribution is -0.147. The number of benzene rings is 2. The lowest BCUT2D eigenvalue weighted by Gasteiger charge is -2.08. The minimum atomic E-state index is -3.73. The van der Waals surface area contributed by atoms with Gasteiger partial charge in [0, 0.05) is 18.1 Å². The third-order valence-corrected chi connectivity index (χ3v) is 5.33. The van der Waals surface area contributed by atoms with Crippen LogP contribution in [0.4, 0.5) is 0 Å². The van der Waals surface area contributed by atoms with Gasteiger partial charge in [-0.1, -0.05) is 36.4 Å². The number of primary sulfonamides is 1. The van der Waals surface area contributed by atoms with E-state index in [2.05, 4.69) is 10.3 Å². The number of carbonyl (C=O) groups is 2. The van der Waals surface area contributed by atoms with Crippen LogP contribution in [0.25, 0.3) is 10.9 Å². The van der Waals surface area contributed by atoms with E-state index >= 15 is 0 Å². The fraction of sp³-hybridized carbons (Fsp3) is 0.190. The van der Waals surface area contributed by atoms with Gasteiger partial charge in [0.2, 0.25) is 10.0 Å². The average Bonchev–Trinajstić information content (AvgIpc) is 2.72. The van der Waals surface area contributed by atoms with Crippen LogP contribution in [0, 0.1) is 0 Å². The van der Waals surface area contributed by atoms with Crippen molar-refractivity contribution < 1.29 is 22.7 Å². The van der Waals surface area contributed by atoms with Gasteiger partial charge in [0.05, 0.1) is 16.8 Å². The van der Waals surface area contributed by atoms with Crippen molar-refractivity contribution in [3.05, 3.63) is 71.9 Å². The van der Waals surface area contributed by atoms with Crippen LogP contribution in [0.3, 0.4) is 0 Å². The highest BCUT2D eigenvalue weighted by molar-refractivity contribution is 7.89. The molecule has 0 unspecified atom stereocenters. The molecule has 3 rings (SSSR count). The highest BCUT2D eigenvalue weighted by Crippen LogP contribution is 2.16. The highest BCUT2D eigenvalue weighted by atomic mass is 32.2. The molecule has 156 valence electrons. The summed E-state index contributed by atoms with van der Waals surface area (Å²) in [6, 6.07) is 15.4. The summed E-state index contributed by atoms with van der Waals surface area (Å²) < 4.78 is 27.5. The molecule has 1 amide bonds. The van der Waals surface area contributed by atoms with E-state index in [0.717, 1.165) is 22.0 Å². The second kappa shape index (κ2) is 9.47. The Labute approximate surface area is 174 Å². The number of hydrogen-bond acceptors (Lipinski definition) is 6. The predicted molar refractivity (Wildman–Crippen MR) is 111 cm³/mol. The van der Waals surface area contributed by atoms with Crippen molar-refractivity contribution in [2.24, 2.45) is 5.14 Å². The van der Waals surface area contributed by atoms with Crippen molar-refractivity contribution in [3.8, 4) is 0 Å². The van der Waals surface area contributed by atoms with Gasteiger partial charge >= 0.3 is 5.97 Å². The number of nitrogens with two attached hydrogens (primary N) is 1. The van der Waals surface area contributed by atoms with E-state index in [-0.39, 0.29) is 17.9 Å². The minimum absolute atomic E-state index is 0.0258. The molecule has 1 heterocycles. The molecule has 0 atom stereocenters. The Morgan fingerprint density at radius 2 is 1.77 bits per heavy atom. The summed E-state index contributed by atoms with van der Waals surface area (Å²) in [6.45, 7) is -0.0558. The van der Waals surface area contributed by atoms with Crippen LogP contribution >= 0.6 is 0 Å². The Morgan fingerprint density at radius 1 is 1.03 bits per heavy atom. The molecular weight excluding hydrogens is 406 g/mol. The summed E-state index contributed by atoms with van der Waals surface area (Å²) in [7, 11) is -3.73. The third-order valence-electron chi connectivity index (χ3n) is 4.40. The first-order valence-electron chi connectivity index (χ1n) is 9.19. The van der Waals surface area contributed by atoms with Crippen molar-refractivity contribution >= 4 is 32.8 Å². The van der Waals surface area contributed by atoms with Crippen LogP contribution in [-0.4, -0.2) is 38.4 Å². The minimum Gasteiger partial charge on any atom is -0.455 e. The molecule has 3 N–H and O–H groups in total. The number of nitrogens with one attached hydrogen (secondary N) is 1. The van der Waals surface area contributed by atoms with E-state index in [1.807, 2.05) is 24.3 Å². The van der Waals surface area contributed by atoms with Crippen molar-refractivity contribution in [1.29, 1.82) is 0 Å². The molecule has 3 aromatic rings. The Morgan fingerprint density at radius 3 is 2.50 bits per heavy atom. The molecule has 0 spiro atoms. The molecule has 0 fully saturated rings. The largest absolute Gasteiger partial charge is 0.455 e. The van der Waals surface area contributed by atoms with Gasteiger partial charge in [-0.3, -0.25) is 14.6 Å². The molecule has 0 aliphatic carbocycles. The smallest absolute Gasteiger partial charge is 0.310 e. The normalized spacial score (nSPS) is 11.2. The highest BCUT2D eigenvalue weighted by Gasteiger charge is 2.11. The van der Waals surface area contributed by atoms with Crippen LogP contribution in [0.15, 0.2) is 65.7 Å². The Bertz CT molecular complexity index is 1160. The molecule has 0 radical (unpaired) electrons. The number of hydrogen-bond donors (Lipinski definition) is 2. The van der Waals surface area contributed by atoms with Crippen molar-refractivity contribution in [2.45, 2.75) is 17.7 Å². The zero-order valence-electron chi connectivity index (χ0n) is 16.1. The number of esters is 1. The second-order valence-electron chi connectivity index (χ2n) is 6.62. The molecular formula is C21H21N3O5S. The lowest BCUT2D eigenvalue weighted by Crippen LogP contribution is -2.30. The van der Waals surface area contributed by atoms with Crippen LogP contribution < -0.4 is 10.5 Å². The molecule has 30 heavy (non-hydrogen) atoms. The van der Waals surface area contributed by atoms with E-state index in [9.17, 15) is 18.0 Å². The fourth-order valence-electron chi connectivity index (χ4n) is 2.91. The summed E-state index contributed by atoms with van der Waals surface area (Å²) >= 11 is 0. The summed E-state index contributed by atoms with van der Waals surface area (Å²) in [5.41, 5.74) is 2.31. The van der Waals surface area contributed by atoms with Crippen molar-refractivity contribution in [3.63, 3.8) is 0 Å². The van der Waals surface area contributed by atoms with E-state index < -0.39 is 21.9 Å². The SMILES string of the molecule is NS(=O)(=O)c1ccc(CCNC(=O)COC(=O)Cc2cccc3cccnc23)cc1. The summed E-state index contributed by atoms with van der Waals surface area (Å²) in [6.07, 6.45) is 2.18. The van der Waals surface area contributed by atoms with Crippen LogP contribution in [0.1, 0.15) is 11.1 Å². The molecule has 0 aliphatic rings.